The molecule has 1 aromatic rings. The molecule has 0 bridgehead atoms. The SMILES string of the molecule is CCCCCCCCCCC(CCCC)C(C)(OC(=O)[C@@H](N)Cc1ccccc1)P(=O)(O)O. The molecule has 1 rings (SSSR count). The van der Waals surface area contributed by atoms with Crippen molar-refractivity contribution in [3.8, 4) is 0 Å². The van der Waals surface area contributed by atoms with Gasteiger partial charge in [0.05, 0.1) is 0 Å². The van der Waals surface area contributed by atoms with Crippen molar-refractivity contribution in [1.82, 2.24) is 0 Å². The predicted octanol–water partition coefficient (Wildman–Crippen LogP) is 6.33. The Morgan fingerprint density at radius 3 is 2.00 bits per heavy atom. The average Bonchev–Trinajstić information content (AvgIpc) is 2.77. The number of rotatable bonds is 18. The van der Waals surface area contributed by atoms with Crippen molar-refractivity contribution < 1.29 is 23.9 Å². The minimum Gasteiger partial charge on any atom is -0.445 e. The van der Waals surface area contributed by atoms with Crippen LogP contribution in [0.15, 0.2) is 30.3 Å². The number of unbranched alkanes of at least 4 members (excludes halogenated alkanes) is 8. The number of hydrogen-bond acceptors (Lipinski definition) is 4. The molecule has 2 unspecified atom stereocenters. The zero-order valence-corrected chi connectivity index (χ0v) is 21.8. The summed E-state index contributed by atoms with van der Waals surface area (Å²) in [6, 6.07) is 8.34. The van der Waals surface area contributed by atoms with Crippen molar-refractivity contribution >= 4 is 13.6 Å². The van der Waals surface area contributed by atoms with Crippen LogP contribution in [0.4, 0.5) is 0 Å². The maximum atomic E-state index is 12.8. The topological polar surface area (TPSA) is 110 Å². The third-order valence-electron chi connectivity index (χ3n) is 6.56. The number of hydrogen-bond donors (Lipinski definition) is 3. The van der Waals surface area contributed by atoms with Crippen molar-refractivity contribution in [2.75, 3.05) is 0 Å². The van der Waals surface area contributed by atoms with Crippen LogP contribution in [0.3, 0.4) is 0 Å². The van der Waals surface area contributed by atoms with E-state index in [0.29, 0.717) is 12.8 Å². The van der Waals surface area contributed by atoms with Gasteiger partial charge < -0.3 is 20.3 Å². The number of ether oxygens (including phenoxy) is 1. The molecule has 0 aromatic heterocycles. The van der Waals surface area contributed by atoms with E-state index in [0.717, 1.165) is 37.7 Å². The van der Waals surface area contributed by atoms with Gasteiger partial charge >= 0.3 is 13.6 Å². The summed E-state index contributed by atoms with van der Waals surface area (Å²) >= 11 is 0. The molecule has 0 heterocycles. The summed E-state index contributed by atoms with van der Waals surface area (Å²) < 4.78 is 18.2. The third kappa shape index (κ3) is 10.7. The fourth-order valence-corrected chi connectivity index (χ4v) is 5.21. The van der Waals surface area contributed by atoms with Gasteiger partial charge in [-0.15, -0.1) is 0 Å². The molecule has 0 saturated carbocycles. The smallest absolute Gasteiger partial charge is 0.368 e. The average molecular weight is 484 g/mol. The summed E-state index contributed by atoms with van der Waals surface area (Å²) in [5, 5.41) is -1.87. The second kappa shape index (κ2) is 15.7. The lowest BCUT2D eigenvalue weighted by atomic mass is 9.90. The van der Waals surface area contributed by atoms with Crippen LogP contribution in [-0.2, 0) is 20.5 Å². The molecule has 0 aliphatic carbocycles. The minimum absolute atomic E-state index is 0.259. The Bertz CT molecular complexity index is 708. The standard InChI is InChI=1S/C26H46NO5P/c1-4-6-8-9-10-11-12-16-20-23(19-7-5-2)26(3,33(29,30)31)32-25(28)24(27)21-22-17-14-13-15-18-22/h13-15,17-18,23-24H,4-12,16,19-21,27H2,1-3H3,(H2,29,30,31)/t23?,24-,26?/m0/s1. The van der Waals surface area contributed by atoms with Gasteiger partial charge in [-0.2, -0.15) is 0 Å². The van der Waals surface area contributed by atoms with Gasteiger partial charge in [0.25, 0.3) is 0 Å². The van der Waals surface area contributed by atoms with E-state index in [1.807, 2.05) is 37.3 Å². The van der Waals surface area contributed by atoms with Crippen LogP contribution in [0.1, 0.15) is 103 Å². The molecule has 7 heteroatoms. The molecule has 1 aromatic carbocycles. The van der Waals surface area contributed by atoms with Crippen LogP contribution in [0, 0.1) is 5.92 Å². The first-order chi connectivity index (χ1) is 15.7. The second-order valence-electron chi connectivity index (χ2n) is 9.42. The monoisotopic (exact) mass is 483 g/mol. The number of benzene rings is 1. The largest absolute Gasteiger partial charge is 0.445 e. The Morgan fingerprint density at radius 2 is 1.45 bits per heavy atom. The summed E-state index contributed by atoms with van der Waals surface area (Å²) in [6.45, 7) is 5.64. The van der Waals surface area contributed by atoms with Crippen LogP contribution in [0.5, 0.6) is 0 Å². The summed E-state index contributed by atoms with van der Waals surface area (Å²) in [7, 11) is -4.73. The van der Waals surface area contributed by atoms with E-state index in [4.69, 9.17) is 10.5 Å². The molecular formula is C26H46NO5P. The van der Waals surface area contributed by atoms with E-state index in [1.54, 1.807) is 0 Å². The quantitative estimate of drug-likeness (QED) is 0.128. The molecule has 0 aliphatic heterocycles. The second-order valence-corrected chi connectivity index (χ2v) is 11.4. The van der Waals surface area contributed by atoms with E-state index < -0.39 is 30.9 Å². The van der Waals surface area contributed by atoms with E-state index in [2.05, 4.69) is 6.92 Å². The third-order valence-corrected chi connectivity index (χ3v) is 8.17. The molecule has 190 valence electrons. The summed E-state index contributed by atoms with van der Waals surface area (Å²) in [4.78, 5) is 33.3. The zero-order valence-electron chi connectivity index (χ0n) is 20.9. The van der Waals surface area contributed by atoms with Crippen LogP contribution in [0.2, 0.25) is 0 Å². The number of carbonyl (C=O) groups is 1. The van der Waals surface area contributed by atoms with Gasteiger partial charge in [-0.1, -0.05) is 108 Å². The highest BCUT2D eigenvalue weighted by Crippen LogP contribution is 2.57. The molecule has 0 radical (unpaired) electrons. The van der Waals surface area contributed by atoms with Crippen LogP contribution >= 0.6 is 7.60 Å². The van der Waals surface area contributed by atoms with Crippen LogP contribution < -0.4 is 5.73 Å². The molecular weight excluding hydrogens is 437 g/mol. The molecule has 0 fully saturated rings. The lowest BCUT2D eigenvalue weighted by Crippen LogP contribution is -2.45. The van der Waals surface area contributed by atoms with Crippen molar-refractivity contribution in [2.24, 2.45) is 11.7 Å². The molecule has 0 saturated heterocycles. The summed E-state index contributed by atoms with van der Waals surface area (Å²) in [5.41, 5.74) is 6.94. The Balaban J connectivity index is 2.79. The first kappa shape index (κ1) is 29.8. The molecule has 6 nitrogen and oxygen atoms in total. The molecule has 0 amide bonds. The number of carbonyl (C=O) groups excluding carboxylic acids is 1. The summed E-state index contributed by atoms with van der Waals surface area (Å²) in [5.74, 6) is -1.17. The lowest BCUT2D eigenvalue weighted by molar-refractivity contribution is -0.158. The van der Waals surface area contributed by atoms with Gasteiger partial charge in [-0.3, -0.25) is 9.36 Å². The Labute approximate surface area is 200 Å². The van der Waals surface area contributed by atoms with Crippen molar-refractivity contribution in [1.29, 1.82) is 0 Å². The highest BCUT2D eigenvalue weighted by Gasteiger charge is 2.52. The van der Waals surface area contributed by atoms with Crippen LogP contribution in [0.25, 0.3) is 0 Å². The Morgan fingerprint density at radius 1 is 0.939 bits per heavy atom. The van der Waals surface area contributed by atoms with Gasteiger partial charge in [0, 0.05) is 5.92 Å². The minimum atomic E-state index is -4.73. The van der Waals surface area contributed by atoms with E-state index in [-0.39, 0.29) is 6.42 Å². The highest BCUT2D eigenvalue weighted by molar-refractivity contribution is 7.53. The normalized spacial score (nSPS) is 15.6. The van der Waals surface area contributed by atoms with E-state index >= 15 is 0 Å². The zero-order chi connectivity index (χ0) is 24.7. The Hall–Kier alpha value is -1.20. The Kier molecular flexibility index (Phi) is 14.2. The number of esters is 1. The number of nitrogens with two attached hydrogens (primary N) is 1. The summed E-state index contributed by atoms with van der Waals surface area (Å²) in [6.07, 6.45) is 12.4. The van der Waals surface area contributed by atoms with Gasteiger partial charge in [0.15, 0.2) is 0 Å². The highest BCUT2D eigenvalue weighted by atomic mass is 31.2. The lowest BCUT2D eigenvalue weighted by Gasteiger charge is -2.38. The molecule has 3 atom stereocenters. The van der Waals surface area contributed by atoms with Gasteiger partial charge in [0.2, 0.25) is 5.34 Å². The van der Waals surface area contributed by atoms with E-state index in [1.165, 1.54) is 39.0 Å². The molecule has 4 N–H and O–H groups in total. The fraction of sp³-hybridized carbons (Fsp3) is 0.731. The molecule has 0 spiro atoms. The van der Waals surface area contributed by atoms with Crippen molar-refractivity contribution in [3.63, 3.8) is 0 Å². The maximum absolute atomic E-state index is 12.8. The van der Waals surface area contributed by atoms with Crippen molar-refractivity contribution in [3.05, 3.63) is 35.9 Å². The first-order valence-electron chi connectivity index (χ1n) is 12.7. The predicted molar refractivity (Wildman–Crippen MR) is 135 cm³/mol. The van der Waals surface area contributed by atoms with Crippen molar-refractivity contribution in [2.45, 2.75) is 116 Å². The van der Waals surface area contributed by atoms with Crippen LogP contribution in [-0.4, -0.2) is 27.1 Å². The van der Waals surface area contributed by atoms with Gasteiger partial charge in [0.1, 0.15) is 6.04 Å². The van der Waals surface area contributed by atoms with Gasteiger partial charge in [-0.05, 0) is 31.7 Å². The maximum Gasteiger partial charge on any atom is 0.368 e. The molecule has 0 aliphatic rings. The first-order valence-corrected chi connectivity index (χ1v) is 14.3. The fourth-order valence-electron chi connectivity index (χ4n) is 4.27. The molecule has 33 heavy (non-hydrogen) atoms. The van der Waals surface area contributed by atoms with E-state index in [9.17, 15) is 19.1 Å². The van der Waals surface area contributed by atoms with Gasteiger partial charge in [-0.25, -0.2) is 0 Å².